The molecule has 0 spiro atoms. The van der Waals surface area contributed by atoms with Gasteiger partial charge >= 0.3 is 0 Å². The number of amides is 2. The van der Waals surface area contributed by atoms with Gasteiger partial charge in [-0.25, -0.2) is 5.43 Å². The van der Waals surface area contributed by atoms with E-state index >= 15 is 0 Å². The van der Waals surface area contributed by atoms with E-state index in [0.717, 1.165) is 34.3 Å². The number of hydrogen-bond acceptors (Lipinski definition) is 7. The first kappa shape index (κ1) is 24.8. The average molecular weight is 525 g/mol. The highest BCUT2D eigenvalue weighted by atomic mass is 32.1. The van der Waals surface area contributed by atoms with Crippen molar-refractivity contribution in [1.29, 1.82) is 0 Å². The molecule has 0 radical (unpaired) electrons. The molecule has 3 aromatic carbocycles. The van der Waals surface area contributed by atoms with E-state index < -0.39 is 0 Å². The van der Waals surface area contributed by atoms with Crippen LogP contribution >= 0.6 is 11.3 Å². The molecule has 2 amide bonds. The third-order valence-corrected chi connectivity index (χ3v) is 6.60. The van der Waals surface area contributed by atoms with Gasteiger partial charge in [0.25, 0.3) is 5.91 Å². The minimum atomic E-state index is -0.335. The Bertz CT molecular complexity index is 1590. The maximum Gasteiger partial charge on any atom is 0.257 e. The van der Waals surface area contributed by atoms with Crippen molar-refractivity contribution < 1.29 is 14.3 Å². The molecule has 0 fully saturated rings. The molecule has 9 nitrogen and oxygen atoms in total. The van der Waals surface area contributed by atoms with Gasteiger partial charge in [-0.15, -0.1) is 10.2 Å². The Morgan fingerprint density at radius 2 is 1.76 bits per heavy atom. The molecule has 0 atom stereocenters. The fourth-order valence-electron chi connectivity index (χ4n) is 3.93. The lowest BCUT2D eigenvalue weighted by atomic mass is 10.2. The first-order valence-corrected chi connectivity index (χ1v) is 12.6. The van der Waals surface area contributed by atoms with E-state index in [9.17, 15) is 9.59 Å². The molecule has 0 saturated heterocycles. The maximum atomic E-state index is 12.4. The van der Waals surface area contributed by atoms with E-state index in [1.54, 1.807) is 37.6 Å². The molecule has 0 bridgehead atoms. The van der Waals surface area contributed by atoms with Crippen molar-refractivity contribution >= 4 is 45.4 Å². The molecule has 2 N–H and O–H groups in total. The average Bonchev–Trinajstić information content (AvgIpc) is 3.53. The lowest BCUT2D eigenvalue weighted by molar-refractivity contribution is -0.120. The summed E-state index contributed by atoms with van der Waals surface area (Å²) in [7, 11) is 1.56. The van der Waals surface area contributed by atoms with Crippen LogP contribution in [0.2, 0.25) is 0 Å². The van der Waals surface area contributed by atoms with Crippen molar-refractivity contribution in [1.82, 2.24) is 20.2 Å². The van der Waals surface area contributed by atoms with Crippen LogP contribution in [0.4, 0.5) is 5.13 Å². The number of carbonyl (C=O) groups excluding carboxylic acids is 2. The number of hydrazone groups is 1. The molecule has 190 valence electrons. The number of carbonyl (C=O) groups is 2. The normalized spacial score (nSPS) is 11.1. The SMILES string of the molecule is COc1ccc(C(=O)Nc2nnc(CC(=O)N/N=C\c3cn(Cc4ccccc4)c4ccccc34)s2)cc1. The third-order valence-electron chi connectivity index (χ3n) is 5.76. The van der Waals surface area contributed by atoms with Crippen molar-refractivity contribution in [3.8, 4) is 5.75 Å². The van der Waals surface area contributed by atoms with Crippen molar-refractivity contribution in [3.05, 3.63) is 107 Å². The smallest absolute Gasteiger partial charge is 0.257 e. The van der Waals surface area contributed by atoms with E-state index in [0.29, 0.717) is 21.5 Å². The van der Waals surface area contributed by atoms with Crippen molar-refractivity contribution in [2.24, 2.45) is 5.10 Å². The summed E-state index contributed by atoms with van der Waals surface area (Å²) < 4.78 is 7.26. The number of rotatable bonds is 9. The number of fused-ring (bicyclic) bond motifs is 1. The Hall–Kier alpha value is -4.83. The van der Waals surface area contributed by atoms with Crippen molar-refractivity contribution in [3.63, 3.8) is 0 Å². The third kappa shape index (κ3) is 5.93. The fraction of sp³-hybridized carbons (Fsp3) is 0.107. The summed E-state index contributed by atoms with van der Waals surface area (Å²) in [5, 5.41) is 16.6. The fourth-order valence-corrected chi connectivity index (χ4v) is 4.66. The van der Waals surface area contributed by atoms with Crippen LogP contribution in [-0.2, 0) is 17.8 Å². The summed E-state index contributed by atoms with van der Waals surface area (Å²) >= 11 is 1.13. The molecule has 5 aromatic rings. The highest BCUT2D eigenvalue weighted by Crippen LogP contribution is 2.21. The zero-order valence-electron chi connectivity index (χ0n) is 20.5. The Kier molecular flexibility index (Phi) is 7.51. The van der Waals surface area contributed by atoms with Gasteiger partial charge < -0.3 is 9.30 Å². The molecule has 0 aliphatic rings. The van der Waals surface area contributed by atoms with Crippen LogP contribution in [0.3, 0.4) is 0 Å². The highest BCUT2D eigenvalue weighted by molar-refractivity contribution is 7.15. The summed E-state index contributed by atoms with van der Waals surface area (Å²) in [6.07, 6.45) is 3.65. The van der Waals surface area contributed by atoms with E-state index in [2.05, 4.69) is 48.8 Å². The second-order valence-electron chi connectivity index (χ2n) is 8.37. The van der Waals surface area contributed by atoms with Crippen LogP contribution < -0.4 is 15.5 Å². The Morgan fingerprint density at radius 3 is 2.55 bits per heavy atom. The van der Waals surface area contributed by atoms with Gasteiger partial charge in [-0.05, 0) is 35.9 Å². The summed E-state index contributed by atoms with van der Waals surface area (Å²) in [6.45, 7) is 0.732. The summed E-state index contributed by atoms with van der Waals surface area (Å²) in [6, 6.07) is 25.0. The van der Waals surface area contributed by atoms with Crippen LogP contribution in [0.15, 0.2) is 90.2 Å². The molecule has 38 heavy (non-hydrogen) atoms. The second kappa shape index (κ2) is 11.5. The number of nitrogens with one attached hydrogen (secondary N) is 2. The first-order chi connectivity index (χ1) is 18.6. The number of para-hydroxylation sites is 1. The summed E-state index contributed by atoms with van der Waals surface area (Å²) in [4.78, 5) is 24.8. The number of ether oxygens (including phenoxy) is 1. The maximum absolute atomic E-state index is 12.4. The van der Waals surface area contributed by atoms with Gasteiger partial charge in [-0.3, -0.25) is 14.9 Å². The van der Waals surface area contributed by atoms with Crippen LogP contribution in [0.25, 0.3) is 10.9 Å². The molecule has 10 heteroatoms. The lowest BCUT2D eigenvalue weighted by Gasteiger charge is -2.05. The van der Waals surface area contributed by atoms with Gasteiger partial charge in [0.2, 0.25) is 11.0 Å². The molecule has 0 aliphatic heterocycles. The van der Waals surface area contributed by atoms with Gasteiger partial charge in [0.1, 0.15) is 10.8 Å². The Morgan fingerprint density at radius 1 is 1.00 bits per heavy atom. The minimum Gasteiger partial charge on any atom is -0.497 e. The number of hydrogen-bond donors (Lipinski definition) is 2. The minimum absolute atomic E-state index is 0.0107. The molecular formula is C28H24N6O3S. The lowest BCUT2D eigenvalue weighted by Crippen LogP contribution is -2.19. The number of aromatic nitrogens is 3. The van der Waals surface area contributed by atoms with Crippen LogP contribution in [0.1, 0.15) is 26.5 Å². The van der Waals surface area contributed by atoms with Crippen molar-refractivity contribution in [2.45, 2.75) is 13.0 Å². The number of benzene rings is 3. The van der Waals surface area contributed by atoms with Gasteiger partial charge in [0.05, 0.1) is 19.7 Å². The largest absolute Gasteiger partial charge is 0.497 e. The number of nitrogens with zero attached hydrogens (tertiary/aromatic N) is 4. The van der Waals surface area contributed by atoms with Crippen molar-refractivity contribution in [2.75, 3.05) is 12.4 Å². The predicted molar refractivity (Wildman–Crippen MR) is 148 cm³/mol. The Labute approximate surface area is 222 Å². The predicted octanol–water partition coefficient (Wildman–Crippen LogP) is 4.49. The number of methoxy groups -OCH3 is 1. The quantitative estimate of drug-likeness (QED) is 0.218. The van der Waals surface area contributed by atoms with Gasteiger partial charge in [-0.2, -0.15) is 5.10 Å². The summed E-state index contributed by atoms with van der Waals surface area (Å²) in [5.41, 5.74) is 6.19. The Balaban J connectivity index is 1.19. The van der Waals surface area contributed by atoms with Gasteiger partial charge in [-0.1, -0.05) is 59.9 Å². The molecular weight excluding hydrogens is 500 g/mol. The second-order valence-corrected chi connectivity index (χ2v) is 9.43. The number of anilines is 1. The molecule has 2 aromatic heterocycles. The topological polar surface area (TPSA) is 110 Å². The summed E-state index contributed by atoms with van der Waals surface area (Å²) in [5.74, 6) is 0.000603. The van der Waals surface area contributed by atoms with E-state index in [4.69, 9.17) is 4.74 Å². The van der Waals surface area contributed by atoms with Crippen LogP contribution in [0.5, 0.6) is 5.75 Å². The van der Waals surface area contributed by atoms with Crippen LogP contribution in [0, 0.1) is 0 Å². The standard InChI is InChI=1S/C28H24N6O3S/c1-37-22-13-11-20(12-14-22)27(36)30-28-33-32-26(38-28)15-25(35)31-29-16-21-18-34(17-19-7-3-2-4-8-19)24-10-6-5-9-23(21)24/h2-14,16,18H,15,17H2,1H3,(H,31,35)(H,30,33,36)/b29-16-. The van der Waals surface area contributed by atoms with Crippen LogP contribution in [-0.4, -0.2) is 39.9 Å². The monoisotopic (exact) mass is 524 g/mol. The van der Waals surface area contributed by atoms with E-state index in [-0.39, 0.29) is 18.2 Å². The zero-order valence-corrected chi connectivity index (χ0v) is 21.3. The molecule has 0 saturated carbocycles. The molecule has 5 rings (SSSR count). The highest BCUT2D eigenvalue weighted by Gasteiger charge is 2.13. The molecule has 2 heterocycles. The van der Waals surface area contributed by atoms with Gasteiger partial charge in [0, 0.05) is 34.8 Å². The first-order valence-electron chi connectivity index (χ1n) is 11.8. The molecule has 0 unspecified atom stereocenters. The van der Waals surface area contributed by atoms with Gasteiger partial charge in [0.15, 0.2) is 0 Å². The van der Waals surface area contributed by atoms with E-state index in [1.165, 1.54) is 5.56 Å². The molecule has 0 aliphatic carbocycles. The van der Waals surface area contributed by atoms with E-state index in [1.807, 2.05) is 42.6 Å². The zero-order chi connectivity index (χ0) is 26.3.